The fourth-order valence-corrected chi connectivity index (χ4v) is 4.08. The molecule has 0 aliphatic carbocycles. The van der Waals surface area contributed by atoms with E-state index in [1.165, 1.54) is 16.8 Å². The van der Waals surface area contributed by atoms with Crippen molar-refractivity contribution >= 4 is 16.8 Å². The van der Waals surface area contributed by atoms with E-state index in [1.807, 2.05) is 42.1 Å². The van der Waals surface area contributed by atoms with Gasteiger partial charge in [0.05, 0.1) is 5.69 Å². The van der Waals surface area contributed by atoms with Crippen LogP contribution in [0.25, 0.3) is 10.9 Å². The summed E-state index contributed by atoms with van der Waals surface area (Å²) in [6.45, 7) is 10.6. The Balaban J connectivity index is 1.48. The van der Waals surface area contributed by atoms with E-state index in [4.69, 9.17) is 0 Å². The predicted octanol–water partition coefficient (Wildman–Crippen LogP) is 4.88. The van der Waals surface area contributed by atoms with Crippen LogP contribution >= 0.6 is 0 Å². The van der Waals surface area contributed by atoms with Gasteiger partial charge in [-0.3, -0.25) is 9.48 Å². The lowest BCUT2D eigenvalue weighted by Gasteiger charge is -2.13. The van der Waals surface area contributed by atoms with Crippen LogP contribution in [0.5, 0.6) is 0 Å². The zero-order valence-corrected chi connectivity index (χ0v) is 18.7. The maximum absolute atomic E-state index is 12.8. The van der Waals surface area contributed by atoms with Crippen molar-refractivity contribution in [1.29, 1.82) is 0 Å². The van der Waals surface area contributed by atoms with Gasteiger partial charge < -0.3 is 9.88 Å². The molecule has 0 bridgehead atoms. The smallest absolute Gasteiger partial charge is 0.251 e. The summed E-state index contributed by atoms with van der Waals surface area (Å²) in [6.07, 6.45) is 1.98. The lowest BCUT2D eigenvalue weighted by molar-refractivity contribution is 0.0946. The number of nitrogens with one attached hydrogen (secondary N) is 1. The second-order valence-electron chi connectivity index (χ2n) is 8.51. The zero-order chi connectivity index (χ0) is 22.0. The predicted molar refractivity (Wildman–Crippen MR) is 125 cm³/mol. The number of rotatable bonds is 7. The number of hydrogen-bond donors (Lipinski definition) is 1. The molecule has 1 N–H and O–H groups in total. The number of hydrogen-bond acceptors (Lipinski definition) is 2. The summed E-state index contributed by atoms with van der Waals surface area (Å²) in [4.78, 5) is 12.8. The average Bonchev–Trinajstić information content (AvgIpc) is 3.28. The number of aromatic nitrogens is 3. The first-order chi connectivity index (χ1) is 14.9. The van der Waals surface area contributed by atoms with Crippen molar-refractivity contribution in [1.82, 2.24) is 19.7 Å². The van der Waals surface area contributed by atoms with Crippen molar-refractivity contribution in [3.63, 3.8) is 0 Å². The van der Waals surface area contributed by atoms with E-state index in [1.54, 1.807) is 0 Å². The van der Waals surface area contributed by atoms with Gasteiger partial charge in [-0.1, -0.05) is 37.3 Å². The minimum absolute atomic E-state index is 0.0294. The fourth-order valence-electron chi connectivity index (χ4n) is 4.08. The van der Waals surface area contributed by atoms with Crippen molar-refractivity contribution in [2.45, 2.75) is 40.8 Å². The molecule has 1 amide bonds. The van der Waals surface area contributed by atoms with Crippen LogP contribution in [-0.4, -0.2) is 26.8 Å². The molecule has 0 aliphatic heterocycles. The largest absolute Gasteiger partial charge is 0.352 e. The van der Waals surface area contributed by atoms with E-state index in [2.05, 4.69) is 66.1 Å². The van der Waals surface area contributed by atoms with Gasteiger partial charge >= 0.3 is 0 Å². The highest BCUT2D eigenvalue weighted by atomic mass is 16.1. The van der Waals surface area contributed by atoms with Crippen LogP contribution in [0.3, 0.4) is 0 Å². The first-order valence-electron chi connectivity index (χ1n) is 10.8. The maximum Gasteiger partial charge on any atom is 0.251 e. The summed E-state index contributed by atoms with van der Waals surface area (Å²) in [5.41, 5.74) is 6.61. The molecule has 0 spiro atoms. The third-order valence-electron chi connectivity index (χ3n) is 5.97. The van der Waals surface area contributed by atoms with E-state index < -0.39 is 0 Å². The number of benzene rings is 2. The molecule has 160 valence electrons. The summed E-state index contributed by atoms with van der Waals surface area (Å²) in [5.74, 6) is 0.265. The molecular formula is C26H30N4O. The SMILES string of the molecule is Cc1ccn(CC(C)CNC(=O)c2ccc3c(c2)c(C)c(C)n3Cc2ccccc2)n1. The summed E-state index contributed by atoms with van der Waals surface area (Å²) < 4.78 is 4.26. The Morgan fingerprint density at radius 2 is 1.84 bits per heavy atom. The third kappa shape index (κ3) is 4.55. The normalized spacial score (nSPS) is 12.3. The Bertz CT molecular complexity index is 1200. The fraction of sp³-hybridized carbons (Fsp3) is 0.308. The summed E-state index contributed by atoms with van der Waals surface area (Å²) in [6, 6.07) is 18.5. The molecule has 0 fully saturated rings. The lowest BCUT2D eigenvalue weighted by atomic mass is 10.1. The number of aryl methyl sites for hydroxylation is 2. The first kappa shape index (κ1) is 20.9. The molecule has 0 aliphatic rings. The van der Waals surface area contributed by atoms with Gasteiger partial charge in [0.15, 0.2) is 0 Å². The summed E-state index contributed by atoms with van der Waals surface area (Å²) in [5, 5.41) is 8.65. The molecule has 1 unspecified atom stereocenters. The quantitative estimate of drug-likeness (QED) is 0.469. The van der Waals surface area contributed by atoms with E-state index in [-0.39, 0.29) is 5.91 Å². The van der Waals surface area contributed by atoms with E-state index in [0.717, 1.165) is 29.7 Å². The van der Waals surface area contributed by atoms with Gasteiger partial charge in [-0.25, -0.2) is 0 Å². The minimum Gasteiger partial charge on any atom is -0.352 e. The molecule has 31 heavy (non-hydrogen) atoms. The topological polar surface area (TPSA) is 51.9 Å². The number of carbonyl (C=O) groups excluding carboxylic acids is 1. The number of amides is 1. The molecule has 5 nitrogen and oxygen atoms in total. The Labute approximate surface area is 183 Å². The molecule has 1 atom stereocenters. The van der Waals surface area contributed by atoms with Crippen molar-refractivity contribution in [3.05, 3.63) is 88.9 Å². The van der Waals surface area contributed by atoms with Gasteiger partial charge in [0.25, 0.3) is 5.91 Å². The van der Waals surface area contributed by atoms with Gasteiger partial charge in [-0.2, -0.15) is 5.10 Å². The molecule has 5 heteroatoms. The molecule has 2 aromatic carbocycles. The number of fused-ring (bicyclic) bond motifs is 1. The molecule has 0 saturated heterocycles. The van der Waals surface area contributed by atoms with Gasteiger partial charge in [0.1, 0.15) is 0 Å². The van der Waals surface area contributed by atoms with Crippen LogP contribution in [0.4, 0.5) is 0 Å². The zero-order valence-electron chi connectivity index (χ0n) is 18.7. The summed E-state index contributed by atoms with van der Waals surface area (Å²) in [7, 11) is 0. The highest BCUT2D eigenvalue weighted by Crippen LogP contribution is 2.27. The Morgan fingerprint density at radius 3 is 2.55 bits per heavy atom. The van der Waals surface area contributed by atoms with Crippen molar-refractivity contribution in [2.24, 2.45) is 5.92 Å². The monoisotopic (exact) mass is 414 g/mol. The average molecular weight is 415 g/mol. The highest BCUT2D eigenvalue weighted by molar-refractivity contribution is 5.99. The molecule has 4 aromatic rings. The molecule has 2 aromatic heterocycles. The van der Waals surface area contributed by atoms with Crippen LogP contribution in [0.15, 0.2) is 60.8 Å². The van der Waals surface area contributed by atoms with Crippen molar-refractivity contribution < 1.29 is 4.79 Å². The minimum atomic E-state index is -0.0294. The number of carbonyl (C=O) groups is 1. The summed E-state index contributed by atoms with van der Waals surface area (Å²) >= 11 is 0. The first-order valence-corrected chi connectivity index (χ1v) is 10.8. The molecule has 2 heterocycles. The van der Waals surface area contributed by atoms with Crippen LogP contribution < -0.4 is 5.32 Å². The molecule has 4 rings (SSSR count). The molecule has 0 saturated carbocycles. The number of nitrogens with zero attached hydrogens (tertiary/aromatic N) is 3. The van der Waals surface area contributed by atoms with Crippen LogP contribution in [0, 0.1) is 26.7 Å². The Hall–Kier alpha value is -3.34. The van der Waals surface area contributed by atoms with E-state index >= 15 is 0 Å². The standard InChI is InChI=1S/C26H30N4O/c1-18(16-29-13-12-19(2)28-29)15-27-26(31)23-10-11-25-24(14-23)20(3)21(4)30(25)17-22-8-6-5-7-9-22/h5-14,18H,15-17H2,1-4H3,(H,27,31). The van der Waals surface area contributed by atoms with Gasteiger partial charge in [-0.15, -0.1) is 0 Å². The Kier molecular flexibility index (Phi) is 5.94. The molecule has 0 radical (unpaired) electrons. The second-order valence-corrected chi connectivity index (χ2v) is 8.51. The molecular weight excluding hydrogens is 384 g/mol. The highest BCUT2D eigenvalue weighted by Gasteiger charge is 2.15. The maximum atomic E-state index is 12.8. The second kappa shape index (κ2) is 8.80. The van der Waals surface area contributed by atoms with Gasteiger partial charge in [-0.05, 0) is 62.1 Å². The van der Waals surface area contributed by atoms with Crippen LogP contribution in [-0.2, 0) is 13.1 Å². The van der Waals surface area contributed by atoms with Crippen molar-refractivity contribution in [3.8, 4) is 0 Å². The van der Waals surface area contributed by atoms with E-state index in [0.29, 0.717) is 18.0 Å². The lowest BCUT2D eigenvalue weighted by Crippen LogP contribution is -2.30. The van der Waals surface area contributed by atoms with Gasteiger partial charge in [0.2, 0.25) is 0 Å². The van der Waals surface area contributed by atoms with Crippen molar-refractivity contribution in [2.75, 3.05) is 6.54 Å². The van der Waals surface area contributed by atoms with Crippen LogP contribution in [0.1, 0.15) is 39.8 Å². The van der Waals surface area contributed by atoms with E-state index in [9.17, 15) is 4.79 Å². The van der Waals surface area contributed by atoms with Crippen LogP contribution in [0.2, 0.25) is 0 Å². The van der Waals surface area contributed by atoms with Gasteiger partial charge in [0, 0.05) is 48.0 Å². The third-order valence-corrected chi connectivity index (χ3v) is 5.97. The Morgan fingerprint density at radius 1 is 1.06 bits per heavy atom.